The Morgan fingerprint density at radius 1 is 1.20 bits per heavy atom. The van der Waals surface area contributed by atoms with Gasteiger partial charge in [-0.25, -0.2) is 8.42 Å². The summed E-state index contributed by atoms with van der Waals surface area (Å²) in [7, 11) is -3.65. The van der Waals surface area contributed by atoms with Crippen LogP contribution in [0, 0.1) is 5.92 Å². The molecule has 1 heterocycles. The summed E-state index contributed by atoms with van der Waals surface area (Å²) in [6, 6.07) is 8.47. The Labute approximate surface area is 148 Å². The van der Waals surface area contributed by atoms with Crippen molar-refractivity contribution in [2.75, 3.05) is 12.4 Å². The van der Waals surface area contributed by atoms with Crippen molar-refractivity contribution >= 4 is 16.0 Å². The number of nitrogens with zero attached hydrogens (tertiary/aromatic N) is 1. The van der Waals surface area contributed by atoms with Crippen LogP contribution in [0.15, 0.2) is 30.3 Å². The predicted octanol–water partition coefficient (Wildman–Crippen LogP) is 2.25. The number of sulfonamides is 1. The van der Waals surface area contributed by atoms with Crippen LogP contribution in [0.1, 0.15) is 37.7 Å². The van der Waals surface area contributed by atoms with Gasteiger partial charge in [-0.15, -0.1) is 0 Å². The summed E-state index contributed by atoms with van der Waals surface area (Å²) >= 11 is 0. The molecule has 3 unspecified atom stereocenters. The van der Waals surface area contributed by atoms with Crippen LogP contribution in [0.3, 0.4) is 0 Å². The third kappa shape index (κ3) is 4.22. The molecule has 0 radical (unpaired) electrons. The molecule has 1 aliphatic heterocycles. The minimum Gasteiger partial charge on any atom is -0.480 e. The van der Waals surface area contributed by atoms with Crippen LogP contribution in [0.25, 0.3) is 0 Å². The average Bonchev–Trinajstić information content (AvgIpc) is 3.00. The van der Waals surface area contributed by atoms with E-state index in [1.807, 2.05) is 30.3 Å². The zero-order valence-corrected chi connectivity index (χ0v) is 15.0. The molecule has 2 aliphatic rings. The Morgan fingerprint density at radius 2 is 1.92 bits per heavy atom. The highest BCUT2D eigenvalue weighted by molar-refractivity contribution is 7.89. The van der Waals surface area contributed by atoms with E-state index < -0.39 is 22.0 Å². The number of aliphatic carboxylic acids is 1. The molecule has 7 heteroatoms. The molecule has 138 valence electrons. The van der Waals surface area contributed by atoms with E-state index in [-0.39, 0.29) is 24.3 Å². The van der Waals surface area contributed by atoms with Gasteiger partial charge in [-0.1, -0.05) is 43.2 Å². The first-order valence-electron chi connectivity index (χ1n) is 8.85. The minimum absolute atomic E-state index is 0.0669. The first-order valence-corrected chi connectivity index (χ1v) is 10.5. The van der Waals surface area contributed by atoms with E-state index in [1.54, 1.807) is 0 Å². The highest BCUT2D eigenvalue weighted by Gasteiger charge is 2.50. The van der Waals surface area contributed by atoms with E-state index in [1.165, 1.54) is 4.31 Å². The molecule has 0 aromatic heterocycles. The molecular weight excluding hydrogens is 342 g/mol. The Kier molecular flexibility index (Phi) is 5.76. The summed E-state index contributed by atoms with van der Waals surface area (Å²) in [6.45, 7) is 0.419. The zero-order valence-electron chi connectivity index (χ0n) is 14.2. The minimum atomic E-state index is -3.65. The average molecular weight is 367 g/mol. The van der Waals surface area contributed by atoms with E-state index in [0.717, 1.165) is 31.2 Å². The molecule has 1 saturated carbocycles. The van der Waals surface area contributed by atoms with Gasteiger partial charge in [0.15, 0.2) is 0 Å². The van der Waals surface area contributed by atoms with Crippen molar-refractivity contribution in [1.82, 2.24) is 4.31 Å². The van der Waals surface area contributed by atoms with Crippen LogP contribution in [0.5, 0.6) is 0 Å². The van der Waals surface area contributed by atoms with E-state index in [9.17, 15) is 18.3 Å². The van der Waals surface area contributed by atoms with Crippen LogP contribution in [0.2, 0.25) is 0 Å². The molecule has 0 amide bonds. The van der Waals surface area contributed by atoms with E-state index in [2.05, 4.69) is 0 Å². The van der Waals surface area contributed by atoms with Crippen molar-refractivity contribution in [3.63, 3.8) is 0 Å². The first-order chi connectivity index (χ1) is 12.0. The number of fused-ring (bicyclic) bond motifs is 1. The lowest BCUT2D eigenvalue weighted by molar-refractivity contribution is -0.141. The molecule has 1 N–H and O–H groups in total. The van der Waals surface area contributed by atoms with Gasteiger partial charge in [-0.05, 0) is 30.7 Å². The molecule has 3 atom stereocenters. The molecule has 1 aromatic rings. The first kappa shape index (κ1) is 18.4. The number of carboxylic acid groups (broad SMARTS) is 1. The predicted molar refractivity (Wildman–Crippen MR) is 93.5 cm³/mol. The highest BCUT2D eigenvalue weighted by atomic mass is 32.2. The number of carbonyl (C=O) groups is 1. The van der Waals surface area contributed by atoms with E-state index in [0.29, 0.717) is 13.0 Å². The molecule has 1 saturated heterocycles. The summed E-state index contributed by atoms with van der Waals surface area (Å²) in [4.78, 5) is 11.6. The molecule has 1 aliphatic carbocycles. The second-order valence-electron chi connectivity index (χ2n) is 6.89. The second kappa shape index (κ2) is 7.85. The van der Waals surface area contributed by atoms with Gasteiger partial charge in [-0.3, -0.25) is 4.79 Å². The number of benzene rings is 1. The molecular formula is C18H25NO5S. The van der Waals surface area contributed by atoms with Gasteiger partial charge in [0.25, 0.3) is 0 Å². The standard InChI is InChI=1S/C18H25NO5S/c20-18(21)17-12-15-8-4-5-9-16(15)19(17)25(22,23)11-10-24-13-14-6-2-1-3-7-14/h1-3,6-7,15-17H,4-5,8-13H2,(H,20,21). The van der Waals surface area contributed by atoms with Crippen molar-refractivity contribution < 1.29 is 23.1 Å². The topological polar surface area (TPSA) is 83.9 Å². The van der Waals surface area contributed by atoms with Crippen molar-refractivity contribution in [1.29, 1.82) is 0 Å². The molecule has 2 fully saturated rings. The fourth-order valence-corrected chi connectivity index (χ4v) is 5.86. The fraction of sp³-hybridized carbons (Fsp3) is 0.611. The Hall–Kier alpha value is -1.44. The Bertz CT molecular complexity index is 691. The molecule has 0 spiro atoms. The van der Waals surface area contributed by atoms with Crippen LogP contribution in [-0.4, -0.2) is 48.2 Å². The number of rotatable bonds is 7. The lowest BCUT2D eigenvalue weighted by Crippen LogP contribution is -2.47. The summed E-state index contributed by atoms with van der Waals surface area (Å²) in [5.41, 5.74) is 0.983. The second-order valence-corrected chi connectivity index (χ2v) is 8.88. The summed E-state index contributed by atoms with van der Waals surface area (Å²) in [6.07, 6.45) is 4.14. The van der Waals surface area contributed by atoms with Crippen LogP contribution >= 0.6 is 0 Å². The Balaban J connectivity index is 1.62. The maximum absolute atomic E-state index is 12.8. The van der Waals surface area contributed by atoms with Gasteiger partial charge >= 0.3 is 5.97 Å². The molecule has 1 aromatic carbocycles. The van der Waals surface area contributed by atoms with E-state index >= 15 is 0 Å². The maximum Gasteiger partial charge on any atom is 0.322 e. The number of carboxylic acids is 1. The van der Waals surface area contributed by atoms with Gasteiger partial charge in [0, 0.05) is 6.04 Å². The summed E-state index contributed by atoms with van der Waals surface area (Å²) < 4.78 is 32.4. The molecule has 6 nitrogen and oxygen atoms in total. The largest absolute Gasteiger partial charge is 0.480 e. The van der Waals surface area contributed by atoms with Gasteiger partial charge in [0.05, 0.1) is 19.0 Å². The molecule has 25 heavy (non-hydrogen) atoms. The van der Waals surface area contributed by atoms with Crippen molar-refractivity contribution in [2.24, 2.45) is 5.92 Å². The van der Waals surface area contributed by atoms with Crippen LogP contribution < -0.4 is 0 Å². The lowest BCUT2D eigenvalue weighted by Gasteiger charge is -2.32. The van der Waals surface area contributed by atoms with Crippen molar-refractivity contribution in [3.05, 3.63) is 35.9 Å². The summed E-state index contributed by atoms with van der Waals surface area (Å²) in [5.74, 6) is -1.04. The Morgan fingerprint density at radius 3 is 2.64 bits per heavy atom. The van der Waals surface area contributed by atoms with Gasteiger partial charge < -0.3 is 9.84 Å². The highest BCUT2D eigenvalue weighted by Crippen LogP contribution is 2.41. The SMILES string of the molecule is O=C(O)C1CC2CCCCC2N1S(=O)(=O)CCOCc1ccccc1. The van der Waals surface area contributed by atoms with Crippen molar-refractivity contribution in [2.45, 2.75) is 50.8 Å². The van der Waals surface area contributed by atoms with Gasteiger partial charge in [-0.2, -0.15) is 4.31 Å². The van der Waals surface area contributed by atoms with Crippen molar-refractivity contribution in [3.8, 4) is 0 Å². The number of hydrogen-bond acceptors (Lipinski definition) is 4. The zero-order chi connectivity index (χ0) is 17.9. The number of ether oxygens (including phenoxy) is 1. The normalized spacial score (nSPS) is 27.1. The third-order valence-corrected chi connectivity index (χ3v) is 7.08. The monoisotopic (exact) mass is 367 g/mol. The maximum atomic E-state index is 12.8. The molecule has 3 rings (SSSR count). The fourth-order valence-electron chi connectivity index (χ4n) is 4.06. The van der Waals surface area contributed by atoms with Crippen LogP contribution in [0.4, 0.5) is 0 Å². The van der Waals surface area contributed by atoms with E-state index in [4.69, 9.17) is 4.74 Å². The quantitative estimate of drug-likeness (QED) is 0.747. The van der Waals surface area contributed by atoms with Gasteiger partial charge in [0.2, 0.25) is 10.0 Å². The lowest BCUT2D eigenvalue weighted by atomic mass is 9.85. The van der Waals surface area contributed by atoms with Gasteiger partial charge in [0.1, 0.15) is 6.04 Å². The van der Waals surface area contributed by atoms with Crippen LogP contribution in [-0.2, 0) is 26.2 Å². The smallest absolute Gasteiger partial charge is 0.322 e. The third-order valence-electron chi connectivity index (χ3n) is 5.23. The number of hydrogen-bond donors (Lipinski definition) is 1. The summed E-state index contributed by atoms with van der Waals surface area (Å²) in [5, 5.41) is 9.48. The molecule has 0 bridgehead atoms.